The summed E-state index contributed by atoms with van der Waals surface area (Å²) in [6, 6.07) is 1.13. The minimum absolute atomic E-state index is 0.173. The number of nitrogens with zero attached hydrogens (tertiary/aromatic N) is 4. The van der Waals surface area contributed by atoms with E-state index >= 15 is 0 Å². The van der Waals surface area contributed by atoms with Crippen molar-refractivity contribution < 1.29 is 9.13 Å². The Morgan fingerprint density at radius 2 is 2.06 bits per heavy atom. The van der Waals surface area contributed by atoms with Gasteiger partial charge in [0.25, 0.3) is 0 Å². The molecule has 0 atom stereocenters. The van der Waals surface area contributed by atoms with Crippen LogP contribution in [0.1, 0.15) is 11.4 Å². The summed E-state index contributed by atoms with van der Waals surface area (Å²) in [6.07, 6.45) is 1.12. The van der Waals surface area contributed by atoms with Crippen LogP contribution in [0, 0.1) is 19.8 Å². The quantitative estimate of drug-likeness (QED) is 0.726. The van der Waals surface area contributed by atoms with Crippen molar-refractivity contribution in [1.82, 2.24) is 19.7 Å². The number of ether oxygens (including phenoxy) is 1. The average Bonchev–Trinajstić information content (AvgIpc) is 2.45. The van der Waals surface area contributed by atoms with Crippen LogP contribution in [0.5, 0.6) is 11.6 Å². The highest BCUT2D eigenvalue weighted by Crippen LogP contribution is 2.26. The largest absolute Gasteiger partial charge is 0.435 e. The first-order valence-corrected chi connectivity index (χ1v) is 4.73. The Balaban J connectivity index is 2.34. The summed E-state index contributed by atoms with van der Waals surface area (Å²) in [5.41, 5.74) is 1.59. The van der Waals surface area contributed by atoms with Gasteiger partial charge in [-0.3, -0.25) is 4.68 Å². The van der Waals surface area contributed by atoms with Crippen molar-refractivity contribution in [3.8, 4) is 11.6 Å². The molecule has 0 amide bonds. The standard InChI is InChI=1S/C10H11FN4O/c1-6-10(7(2)15(3)14-6)16-9-4-8(11)12-5-13-9/h4-5H,1-3H3. The molecule has 0 aromatic carbocycles. The fourth-order valence-electron chi connectivity index (χ4n) is 1.38. The molecule has 16 heavy (non-hydrogen) atoms. The lowest BCUT2D eigenvalue weighted by atomic mass is 10.3. The molecule has 5 nitrogen and oxygen atoms in total. The van der Waals surface area contributed by atoms with Gasteiger partial charge >= 0.3 is 0 Å². The van der Waals surface area contributed by atoms with E-state index in [2.05, 4.69) is 15.1 Å². The summed E-state index contributed by atoms with van der Waals surface area (Å²) in [7, 11) is 1.82. The lowest BCUT2D eigenvalue weighted by Crippen LogP contribution is -1.94. The van der Waals surface area contributed by atoms with Crippen molar-refractivity contribution in [2.24, 2.45) is 7.05 Å². The summed E-state index contributed by atoms with van der Waals surface area (Å²) < 4.78 is 20.0. The van der Waals surface area contributed by atoms with Crippen molar-refractivity contribution >= 4 is 0 Å². The van der Waals surface area contributed by atoms with Crippen molar-refractivity contribution in [3.63, 3.8) is 0 Å². The second-order valence-electron chi connectivity index (χ2n) is 3.40. The van der Waals surface area contributed by atoms with Crippen molar-refractivity contribution in [3.05, 3.63) is 29.7 Å². The van der Waals surface area contributed by atoms with Crippen molar-refractivity contribution in [2.75, 3.05) is 0 Å². The molecule has 2 heterocycles. The number of halogens is 1. The molecular formula is C10H11FN4O. The molecule has 2 aromatic heterocycles. The van der Waals surface area contributed by atoms with Gasteiger partial charge in [0.05, 0.1) is 11.8 Å². The van der Waals surface area contributed by atoms with Crippen LogP contribution in [0.25, 0.3) is 0 Å². The molecule has 0 spiro atoms. The molecule has 84 valence electrons. The highest BCUT2D eigenvalue weighted by Gasteiger charge is 2.12. The zero-order valence-corrected chi connectivity index (χ0v) is 9.23. The van der Waals surface area contributed by atoms with Gasteiger partial charge in [0, 0.05) is 7.05 Å². The van der Waals surface area contributed by atoms with E-state index in [1.165, 1.54) is 0 Å². The van der Waals surface area contributed by atoms with Crippen LogP contribution in [-0.2, 0) is 7.05 Å². The van der Waals surface area contributed by atoms with Crippen LogP contribution in [-0.4, -0.2) is 19.7 Å². The van der Waals surface area contributed by atoms with Gasteiger partial charge in [0.2, 0.25) is 11.8 Å². The lowest BCUT2D eigenvalue weighted by molar-refractivity contribution is 0.444. The Bertz CT molecular complexity index is 524. The molecule has 0 N–H and O–H groups in total. The minimum Gasteiger partial charge on any atom is -0.435 e. The van der Waals surface area contributed by atoms with Crippen LogP contribution in [0.15, 0.2) is 12.4 Å². The van der Waals surface area contributed by atoms with Gasteiger partial charge in [-0.05, 0) is 13.8 Å². The number of rotatable bonds is 2. The average molecular weight is 222 g/mol. The molecule has 0 aliphatic rings. The number of hydrogen-bond acceptors (Lipinski definition) is 4. The molecule has 0 bridgehead atoms. The maximum Gasteiger partial charge on any atom is 0.225 e. The third kappa shape index (κ3) is 1.86. The third-order valence-electron chi connectivity index (χ3n) is 2.26. The van der Waals surface area contributed by atoms with Crippen molar-refractivity contribution in [2.45, 2.75) is 13.8 Å². The predicted molar refractivity (Wildman–Crippen MR) is 54.7 cm³/mol. The first-order valence-electron chi connectivity index (χ1n) is 4.73. The molecule has 6 heteroatoms. The van der Waals surface area contributed by atoms with Crippen molar-refractivity contribution in [1.29, 1.82) is 0 Å². The zero-order valence-electron chi connectivity index (χ0n) is 9.23. The summed E-state index contributed by atoms with van der Waals surface area (Å²) in [5.74, 6) is 0.150. The maximum atomic E-state index is 12.8. The van der Waals surface area contributed by atoms with Gasteiger partial charge in [-0.15, -0.1) is 0 Å². The molecule has 0 saturated carbocycles. The fourth-order valence-corrected chi connectivity index (χ4v) is 1.38. The number of aryl methyl sites for hydroxylation is 2. The Labute approximate surface area is 91.9 Å². The zero-order chi connectivity index (χ0) is 11.7. The van der Waals surface area contributed by atoms with Gasteiger partial charge in [-0.1, -0.05) is 0 Å². The summed E-state index contributed by atoms with van der Waals surface area (Å²) in [4.78, 5) is 7.17. The summed E-state index contributed by atoms with van der Waals surface area (Å²) >= 11 is 0. The Morgan fingerprint density at radius 1 is 1.31 bits per heavy atom. The van der Waals surface area contributed by atoms with E-state index in [9.17, 15) is 4.39 Å². The molecule has 2 aromatic rings. The number of hydrogen-bond donors (Lipinski definition) is 0. The maximum absolute atomic E-state index is 12.8. The van der Waals surface area contributed by atoms with E-state index < -0.39 is 5.95 Å². The molecule has 0 aliphatic carbocycles. The van der Waals surface area contributed by atoms with Gasteiger partial charge in [-0.2, -0.15) is 9.49 Å². The molecular weight excluding hydrogens is 211 g/mol. The van der Waals surface area contributed by atoms with E-state index in [-0.39, 0.29) is 5.88 Å². The van der Waals surface area contributed by atoms with E-state index in [0.29, 0.717) is 5.75 Å². The van der Waals surface area contributed by atoms with Gasteiger partial charge in [0.15, 0.2) is 5.75 Å². The lowest BCUT2D eigenvalue weighted by Gasteiger charge is -2.03. The first kappa shape index (κ1) is 10.5. The van der Waals surface area contributed by atoms with E-state index in [1.807, 2.05) is 20.9 Å². The predicted octanol–water partition coefficient (Wildman–Crippen LogP) is 1.76. The fraction of sp³-hybridized carbons (Fsp3) is 0.300. The molecule has 2 rings (SSSR count). The summed E-state index contributed by atoms with van der Waals surface area (Å²) in [5, 5.41) is 4.18. The minimum atomic E-state index is -0.621. The van der Waals surface area contributed by atoms with Crippen LogP contribution in [0.2, 0.25) is 0 Å². The van der Waals surface area contributed by atoms with Crippen LogP contribution in [0.3, 0.4) is 0 Å². The van der Waals surface area contributed by atoms with Crippen LogP contribution >= 0.6 is 0 Å². The Kier molecular flexibility index (Phi) is 2.55. The molecule has 0 radical (unpaired) electrons. The Hall–Kier alpha value is -1.98. The van der Waals surface area contributed by atoms with E-state index in [0.717, 1.165) is 23.8 Å². The molecule has 0 unspecified atom stereocenters. The molecule has 0 aliphatic heterocycles. The van der Waals surface area contributed by atoms with Crippen LogP contribution in [0.4, 0.5) is 4.39 Å². The third-order valence-corrected chi connectivity index (χ3v) is 2.26. The van der Waals surface area contributed by atoms with Crippen LogP contribution < -0.4 is 4.74 Å². The smallest absolute Gasteiger partial charge is 0.225 e. The highest BCUT2D eigenvalue weighted by atomic mass is 19.1. The molecule has 0 saturated heterocycles. The van der Waals surface area contributed by atoms with Gasteiger partial charge < -0.3 is 4.74 Å². The second kappa shape index (κ2) is 3.88. The Morgan fingerprint density at radius 3 is 2.62 bits per heavy atom. The summed E-state index contributed by atoms with van der Waals surface area (Å²) in [6.45, 7) is 3.69. The van der Waals surface area contributed by atoms with E-state index in [1.54, 1.807) is 4.68 Å². The van der Waals surface area contributed by atoms with Gasteiger partial charge in [0.1, 0.15) is 12.0 Å². The SMILES string of the molecule is Cc1nn(C)c(C)c1Oc1cc(F)ncn1. The molecule has 0 fully saturated rings. The topological polar surface area (TPSA) is 52.8 Å². The first-order chi connectivity index (χ1) is 7.58. The highest BCUT2D eigenvalue weighted by molar-refractivity contribution is 5.34. The van der Waals surface area contributed by atoms with Gasteiger partial charge in [-0.25, -0.2) is 9.97 Å². The number of aromatic nitrogens is 4. The van der Waals surface area contributed by atoms with E-state index in [4.69, 9.17) is 4.74 Å². The normalized spacial score (nSPS) is 10.5. The monoisotopic (exact) mass is 222 g/mol. The second-order valence-corrected chi connectivity index (χ2v) is 3.40.